The molecule has 1 atom stereocenters. The van der Waals surface area contributed by atoms with Crippen LogP contribution in [-0.2, 0) is 7.05 Å². The molecule has 0 fully saturated rings. The molecule has 6 heteroatoms. The van der Waals surface area contributed by atoms with Gasteiger partial charge in [0.1, 0.15) is 23.9 Å². The van der Waals surface area contributed by atoms with Gasteiger partial charge in [-0.2, -0.15) is 0 Å². The highest BCUT2D eigenvalue weighted by Gasteiger charge is 2.38. The van der Waals surface area contributed by atoms with E-state index in [9.17, 15) is 0 Å². The highest BCUT2D eigenvalue weighted by atomic mass is 35.5. The molecule has 2 aromatic carbocycles. The molecule has 0 amide bonds. The third kappa shape index (κ3) is 4.04. The predicted octanol–water partition coefficient (Wildman–Crippen LogP) is 2.60. The summed E-state index contributed by atoms with van der Waals surface area (Å²) >= 11 is 0. The fraction of sp³-hybridized carbons (Fsp3) is 0.455. The molecular formula is C33H41ClN4O. The van der Waals surface area contributed by atoms with E-state index in [0.29, 0.717) is 5.92 Å². The standard InChI is InChI=1S/C33H41N4O.ClH/c1-10-36-26-16-28-24(14-22(26)20(3)18-32(36,5)6)30(31-34-12-13-35(31)9)25-15-23-21(4)19-33(7,8)37(11-2)27(23)17-29(25)38-28;/h12-18,21H,10-11,19H2,1-9H3;1H/q+1;/p-1. The van der Waals surface area contributed by atoms with Crippen molar-refractivity contribution < 1.29 is 17.1 Å². The van der Waals surface area contributed by atoms with E-state index < -0.39 is 0 Å². The topological polar surface area (TPSA) is 33.3 Å². The highest BCUT2D eigenvalue weighted by Crippen LogP contribution is 2.48. The van der Waals surface area contributed by atoms with Crippen molar-refractivity contribution in [3.8, 4) is 11.5 Å². The second-order valence-corrected chi connectivity index (χ2v) is 12.5. The number of anilines is 1. The second-order valence-electron chi connectivity index (χ2n) is 12.5. The van der Waals surface area contributed by atoms with Crippen LogP contribution in [0.4, 0.5) is 5.69 Å². The van der Waals surface area contributed by atoms with Gasteiger partial charge >= 0.3 is 0 Å². The molecular weight excluding hydrogens is 504 g/mol. The Labute approximate surface area is 238 Å². The SMILES string of the molecule is CCN1c2cc3c(cc2C(C)CC1(C)C)C(c1nccn1C)=c1cc2c(cc1O3)=[N+](CC)C(C)(C)C=C2C.[Cl-]. The molecule has 1 aromatic heterocycles. The lowest BCUT2D eigenvalue weighted by atomic mass is 9.78. The number of allylic oxidation sites excluding steroid dienone is 1. The Balaban J connectivity index is 0.00000308. The first-order chi connectivity index (χ1) is 18.0. The maximum absolute atomic E-state index is 6.84. The summed E-state index contributed by atoms with van der Waals surface area (Å²) in [6.07, 6.45) is 7.44. The molecule has 0 N–H and O–H groups in total. The Morgan fingerprint density at radius 3 is 2.44 bits per heavy atom. The Kier molecular flexibility index (Phi) is 6.53. The van der Waals surface area contributed by atoms with E-state index in [1.807, 2.05) is 12.4 Å². The van der Waals surface area contributed by atoms with Gasteiger partial charge in [-0.1, -0.05) is 6.92 Å². The van der Waals surface area contributed by atoms with Crippen molar-refractivity contribution in [3.05, 3.63) is 75.8 Å². The number of hydrogen-bond donors (Lipinski definition) is 0. The van der Waals surface area contributed by atoms with Crippen LogP contribution in [0.15, 0.2) is 42.7 Å². The quantitative estimate of drug-likeness (QED) is 0.372. The van der Waals surface area contributed by atoms with Crippen molar-refractivity contribution in [2.45, 2.75) is 78.8 Å². The van der Waals surface area contributed by atoms with Crippen molar-refractivity contribution in [3.63, 3.8) is 0 Å². The summed E-state index contributed by atoms with van der Waals surface area (Å²) in [4.78, 5) is 7.39. The van der Waals surface area contributed by atoms with Crippen LogP contribution in [-0.4, -0.2) is 33.7 Å². The van der Waals surface area contributed by atoms with E-state index in [1.54, 1.807) is 0 Å². The van der Waals surface area contributed by atoms with Gasteiger partial charge in [-0.15, -0.1) is 0 Å². The normalized spacial score (nSPS) is 20.2. The number of likely N-dealkylation sites (N-methyl/N-ethyl adjacent to an activating group) is 1. The van der Waals surface area contributed by atoms with Crippen molar-refractivity contribution in [1.82, 2.24) is 14.1 Å². The molecule has 0 aliphatic carbocycles. The summed E-state index contributed by atoms with van der Waals surface area (Å²) in [5.41, 5.74) is 7.61. The molecule has 0 radical (unpaired) electrons. The van der Waals surface area contributed by atoms with Crippen LogP contribution in [0.3, 0.4) is 0 Å². The molecule has 3 aliphatic rings. The minimum atomic E-state index is -0.0543. The van der Waals surface area contributed by atoms with Gasteiger partial charge < -0.3 is 26.6 Å². The number of imidazole rings is 1. The second kappa shape index (κ2) is 9.26. The number of aromatic nitrogens is 2. The first-order valence-corrected chi connectivity index (χ1v) is 14.1. The fourth-order valence-electron chi connectivity index (χ4n) is 7.46. The molecule has 3 aliphatic heterocycles. The Morgan fingerprint density at radius 2 is 1.79 bits per heavy atom. The van der Waals surface area contributed by atoms with Crippen LogP contribution in [0.25, 0.3) is 11.1 Å². The Hall–Kier alpha value is -3.05. The third-order valence-electron chi connectivity index (χ3n) is 9.00. The van der Waals surface area contributed by atoms with Crippen molar-refractivity contribution in [2.75, 3.05) is 18.0 Å². The van der Waals surface area contributed by atoms with Crippen LogP contribution in [0, 0.1) is 0 Å². The van der Waals surface area contributed by atoms with Crippen LogP contribution in [0.2, 0.25) is 0 Å². The third-order valence-corrected chi connectivity index (χ3v) is 9.00. The van der Waals surface area contributed by atoms with Gasteiger partial charge in [-0.05, 0) is 76.3 Å². The number of rotatable bonds is 3. The summed E-state index contributed by atoms with van der Waals surface area (Å²) in [5, 5.41) is 2.35. The number of hydrogen-bond acceptors (Lipinski definition) is 3. The van der Waals surface area contributed by atoms with Crippen molar-refractivity contribution in [1.29, 1.82) is 0 Å². The van der Waals surface area contributed by atoms with Gasteiger partial charge in [0, 0.05) is 79.0 Å². The maximum Gasteiger partial charge on any atom is 0.211 e. The number of fused-ring (bicyclic) bond motifs is 4. The molecule has 3 aromatic rings. The van der Waals surface area contributed by atoms with Crippen molar-refractivity contribution >= 4 is 16.8 Å². The molecule has 1 unspecified atom stereocenters. The average molecular weight is 545 g/mol. The van der Waals surface area contributed by atoms with Crippen LogP contribution >= 0.6 is 0 Å². The van der Waals surface area contributed by atoms with E-state index in [1.165, 1.54) is 27.7 Å². The summed E-state index contributed by atoms with van der Waals surface area (Å²) in [5.74, 6) is 3.26. The lowest BCUT2D eigenvalue weighted by molar-refractivity contribution is -0.00000950. The van der Waals surface area contributed by atoms with Crippen LogP contribution in [0.5, 0.6) is 11.5 Å². The molecule has 6 rings (SSSR count). The monoisotopic (exact) mass is 544 g/mol. The molecule has 39 heavy (non-hydrogen) atoms. The van der Waals surface area contributed by atoms with Gasteiger partial charge in [0.15, 0.2) is 5.54 Å². The first kappa shape index (κ1) is 27.5. The highest BCUT2D eigenvalue weighted by molar-refractivity contribution is 5.86. The van der Waals surface area contributed by atoms with Crippen LogP contribution in [0.1, 0.15) is 90.2 Å². The van der Waals surface area contributed by atoms with E-state index in [-0.39, 0.29) is 23.5 Å². The summed E-state index contributed by atoms with van der Waals surface area (Å²) in [7, 11) is 2.08. The molecule has 0 saturated heterocycles. The lowest BCUT2D eigenvalue weighted by Crippen LogP contribution is -3.00. The fourth-order valence-corrected chi connectivity index (χ4v) is 7.46. The van der Waals surface area contributed by atoms with E-state index >= 15 is 0 Å². The average Bonchev–Trinajstić information content (AvgIpc) is 3.25. The smallest absolute Gasteiger partial charge is 0.211 e. The van der Waals surface area contributed by atoms with Gasteiger partial charge in [0.2, 0.25) is 5.36 Å². The summed E-state index contributed by atoms with van der Waals surface area (Å²) < 4.78 is 11.4. The largest absolute Gasteiger partial charge is 1.00 e. The zero-order chi connectivity index (χ0) is 27.1. The van der Waals surface area contributed by atoms with Gasteiger partial charge in [0.05, 0.1) is 6.07 Å². The van der Waals surface area contributed by atoms with E-state index in [0.717, 1.165) is 53.2 Å². The predicted molar refractivity (Wildman–Crippen MR) is 157 cm³/mol. The maximum atomic E-state index is 6.84. The van der Waals surface area contributed by atoms with Crippen molar-refractivity contribution in [2.24, 2.45) is 7.05 Å². The number of halogens is 1. The first-order valence-electron chi connectivity index (χ1n) is 14.1. The Morgan fingerprint density at radius 1 is 1.05 bits per heavy atom. The number of aryl methyl sites for hydroxylation is 1. The van der Waals surface area contributed by atoms with Gasteiger partial charge in [0.25, 0.3) is 0 Å². The minimum Gasteiger partial charge on any atom is -1.00 e. The number of benzene rings is 2. The molecule has 0 bridgehead atoms. The lowest BCUT2D eigenvalue weighted by Gasteiger charge is -2.47. The molecule has 0 spiro atoms. The summed E-state index contributed by atoms with van der Waals surface area (Å²) in [6.45, 7) is 20.3. The zero-order valence-electron chi connectivity index (χ0n) is 24.8. The van der Waals surface area contributed by atoms with Gasteiger partial charge in [-0.3, -0.25) is 0 Å². The zero-order valence-corrected chi connectivity index (χ0v) is 25.6. The molecule has 4 heterocycles. The van der Waals surface area contributed by atoms with Gasteiger partial charge in [-0.25, -0.2) is 9.56 Å². The molecule has 206 valence electrons. The van der Waals surface area contributed by atoms with Crippen LogP contribution < -0.4 is 37.2 Å². The number of nitrogens with zero attached hydrogens (tertiary/aromatic N) is 4. The number of ether oxygens (including phenoxy) is 1. The van der Waals surface area contributed by atoms with E-state index in [4.69, 9.17) is 9.72 Å². The van der Waals surface area contributed by atoms with E-state index in [2.05, 4.69) is 107 Å². The minimum absolute atomic E-state index is 0. The molecule has 0 saturated carbocycles. The Bertz CT molecular complexity index is 1640. The molecule has 5 nitrogen and oxygen atoms in total. The summed E-state index contributed by atoms with van der Waals surface area (Å²) in [6, 6.07) is 9.29.